The van der Waals surface area contributed by atoms with Crippen molar-refractivity contribution < 1.29 is 9.72 Å². The van der Waals surface area contributed by atoms with Gasteiger partial charge in [0, 0.05) is 23.7 Å². The van der Waals surface area contributed by atoms with E-state index in [0.29, 0.717) is 23.6 Å². The molecule has 0 saturated carbocycles. The summed E-state index contributed by atoms with van der Waals surface area (Å²) >= 11 is 0. The quantitative estimate of drug-likeness (QED) is 0.643. The van der Waals surface area contributed by atoms with Gasteiger partial charge in [0.1, 0.15) is 0 Å². The Labute approximate surface area is 129 Å². The fourth-order valence-electron chi connectivity index (χ4n) is 2.45. The SMILES string of the molecule is Cc1cc(C(=O)NCCC2CCNC2)ccc1[N+](=O)[O-].Cl. The van der Waals surface area contributed by atoms with E-state index in [1.165, 1.54) is 12.1 Å². The molecular formula is C14H20ClN3O3. The van der Waals surface area contributed by atoms with Crippen LogP contribution in [0.3, 0.4) is 0 Å². The smallest absolute Gasteiger partial charge is 0.272 e. The van der Waals surface area contributed by atoms with Gasteiger partial charge >= 0.3 is 0 Å². The molecule has 2 rings (SSSR count). The number of benzene rings is 1. The van der Waals surface area contributed by atoms with Crippen molar-refractivity contribution in [2.45, 2.75) is 19.8 Å². The molecule has 2 N–H and O–H groups in total. The van der Waals surface area contributed by atoms with Gasteiger partial charge in [0.2, 0.25) is 0 Å². The van der Waals surface area contributed by atoms with E-state index in [-0.39, 0.29) is 24.0 Å². The van der Waals surface area contributed by atoms with E-state index >= 15 is 0 Å². The van der Waals surface area contributed by atoms with Gasteiger partial charge in [-0.3, -0.25) is 14.9 Å². The van der Waals surface area contributed by atoms with Gasteiger partial charge in [-0.2, -0.15) is 0 Å². The Balaban J connectivity index is 0.00000220. The standard InChI is InChI=1S/C14H19N3O3.ClH/c1-10-8-12(2-3-13(10)17(19)20)14(18)16-7-5-11-4-6-15-9-11;/h2-3,8,11,15H,4-7,9H2,1H3,(H,16,18);1H. The van der Waals surface area contributed by atoms with Gasteiger partial charge in [0.05, 0.1) is 4.92 Å². The molecule has 1 aromatic carbocycles. The molecule has 0 radical (unpaired) electrons. The third kappa shape index (κ3) is 4.68. The Morgan fingerprint density at radius 1 is 1.52 bits per heavy atom. The number of nitro benzene ring substituents is 1. The van der Waals surface area contributed by atoms with Crippen LogP contribution >= 0.6 is 12.4 Å². The summed E-state index contributed by atoms with van der Waals surface area (Å²) in [6.07, 6.45) is 2.12. The second-order valence-corrected chi connectivity index (χ2v) is 5.16. The molecule has 1 saturated heterocycles. The minimum Gasteiger partial charge on any atom is -0.352 e. The Morgan fingerprint density at radius 3 is 2.86 bits per heavy atom. The van der Waals surface area contributed by atoms with Crippen molar-refractivity contribution >= 4 is 24.0 Å². The fraction of sp³-hybridized carbons (Fsp3) is 0.500. The van der Waals surface area contributed by atoms with Crippen LogP contribution in [0.2, 0.25) is 0 Å². The van der Waals surface area contributed by atoms with Crippen molar-refractivity contribution in [1.82, 2.24) is 10.6 Å². The molecule has 7 heteroatoms. The highest BCUT2D eigenvalue weighted by atomic mass is 35.5. The average Bonchev–Trinajstić information content (AvgIpc) is 2.91. The Bertz CT molecular complexity index is 516. The average molecular weight is 314 g/mol. The molecule has 1 aromatic rings. The molecule has 1 amide bonds. The molecule has 1 aliphatic rings. The first kappa shape index (κ1) is 17.4. The highest BCUT2D eigenvalue weighted by molar-refractivity contribution is 5.94. The maximum Gasteiger partial charge on any atom is 0.272 e. The normalized spacial score (nSPS) is 17.1. The molecule has 0 spiro atoms. The van der Waals surface area contributed by atoms with Crippen molar-refractivity contribution in [1.29, 1.82) is 0 Å². The molecule has 1 unspecified atom stereocenters. The van der Waals surface area contributed by atoms with Gasteiger partial charge in [-0.15, -0.1) is 12.4 Å². The molecule has 6 nitrogen and oxygen atoms in total. The predicted octanol–water partition coefficient (Wildman–Crippen LogP) is 2.05. The lowest BCUT2D eigenvalue weighted by Crippen LogP contribution is -2.26. The van der Waals surface area contributed by atoms with Crippen LogP contribution in [0.25, 0.3) is 0 Å². The van der Waals surface area contributed by atoms with E-state index < -0.39 is 4.92 Å². The van der Waals surface area contributed by atoms with Crippen LogP contribution in [0.5, 0.6) is 0 Å². The summed E-state index contributed by atoms with van der Waals surface area (Å²) in [5.41, 5.74) is 1.01. The second kappa shape index (κ2) is 7.95. The summed E-state index contributed by atoms with van der Waals surface area (Å²) in [5, 5.41) is 16.9. The number of hydrogen-bond acceptors (Lipinski definition) is 4. The molecule has 1 atom stereocenters. The molecule has 1 aliphatic heterocycles. The molecule has 21 heavy (non-hydrogen) atoms. The van der Waals surface area contributed by atoms with Crippen molar-refractivity contribution in [2.75, 3.05) is 19.6 Å². The predicted molar refractivity (Wildman–Crippen MR) is 83.0 cm³/mol. The summed E-state index contributed by atoms with van der Waals surface area (Å²) < 4.78 is 0. The van der Waals surface area contributed by atoms with E-state index in [1.54, 1.807) is 13.0 Å². The van der Waals surface area contributed by atoms with Crippen molar-refractivity contribution in [2.24, 2.45) is 5.92 Å². The summed E-state index contributed by atoms with van der Waals surface area (Å²) in [5.74, 6) is 0.461. The van der Waals surface area contributed by atoms with Gasteiger partial charge < -0.3 is 10.6 Å². The fourth-order valence-corrected chi connectivity index (χ4v) is 2.45. The number of nitrogens with zero attached hydrogens (tertiary/aromatic N) is 1. The Kier molecular flexibility index (Phi) is 6.58. The van der Waals surface area contributed by atoms with E-state index in [4.69, 9.17) is 0 Å². The molecule has 1 heterocycles. The maximum absolute atomic E-state index is 12.0. The molecule has 0 bridgehead atoms. The van der Waals surface area contributed by atoms with Crippen LogP contribution in [-0.2, 0) is 0 Å². The zero-order valence-corrected chi connectivity index (χ0v) is 12.7. The number of rotatable bonds is 5. The van der Waals surface area contributed by atoms with Gasteiger partial charge in [-0.25, -0.2) is 0 Å². The second-order valence-electron chi connectivity index (χ2n) is 5.16. The Morgan fingerprint density at radius 2 is 2.29 bits per heavy atom. The zero-order valence-electron chi connectivity index (χ0n) is 11.9. The van der Waals surface area contributed by atoms with Crippen LogP contribution < -0.4 is 10.6 Å². The summed E-state index contributed by atoms with van der Waals surface area (Å²) in [6.45, 7) is 4.35. The zero-order chi connectivity index (χ0) is 14.5. The summed E-state index contributed by atoms with van der Waals surface area (Å²) in [4.78, 5) is 22.2. The summed E-state index contributed by atoms with van der Waals surface area (Å²) in [7, 11) is 0. The van der Waals surface area contributed by atoms with E-state index in [0.717, 1.165) is 25.9 Å². The van der Waals surface area contributed by atoms with E-state index in [2.05, 4.69) is 10.6 Å². The highest BCUT2D eigenvalue weighted by Crippen LogP contribution is 2.18. The van der Waals surface area contributed by atoms with E-state index in [9.17, 15) is 14.9 Å². The maximum atomic E-state index is 12.0. The monoisotopic (exact) mass is 313 g/mol. The first-order valence-corrected chi connectivity index (χ1v) is 6.82. The van der Waals surface area contributed by atoms with Crippen LogP contribution in [0.15, 0.2) is 18.2 Å². The van der Waals surface area contributed by atoms with Gasteiger partial charge in [0.15, 0.2) is 0 Å². The largest absolute Gasteiger partial charge is 0.352 e. The molecular weight excluding hydrogens is 294 g/mol. The summed E-state index contributed by atoms with van der Waals surface area (Å²) in [6, 6.07) is 4.44. The van der Waals surface area contributed by atoms with Crippen LogP contribution in [-0.4, -0.2) is 30.5 Å². The number of aryl methyl sites for hydroxylation is 1. The van der Waals surface area contributed by atoms with Crippen molar-refractivity contribution in [3.8, 4) is 0 Å². The van der Waals surface area contributed by atoms with Crippen LogP contribution in [0.1, 0.15) is 28.8 Å². The van der Waals surface area contributed by atoms with E-state index in [1.807, 2.05) is 0 Å². The molecule has 116 valence electrons. The third-order valence-electron chi connectivity index (χ3n) is 3.66. The minimum absolute atomic E-state index is 0. The number of carbonyl (C=O) groups is 1. The van der Waals surface area contributed by atoms with Crippen molar-refractivity contribution in [3.05, 3.63) is 39.4 Å². The third-order valence-corrected chi connectivity index (χ3v) is 3.66. The highest BCUT2D eigenvalue weighted by Gasteiger charge is 2.16. The first-order chi connectivity index (χ1) is 9.58. The molecule has 0 aliphatic carbocycles. The lowest BCUT2D eigenvalue weighted by molar-refractivity contribution is -0.385. The van der Waals surface area contributed by atoms with Gasteiger partial charge in [0.25, 0.3) is 11.6 Å². The minimum atomic E-state index is -0.440. The lowest BCUT2D eigenvalue weighted by atomic mass is 10.0. The number of carbonyl (C=O) groups excluding carboxylic acids is 1. The number of halogens is 1. The number of nitrogens with one attached hydrogen (secondary N) is 2. The number of amides is 1. The Hall–Kier alpha value is -1.66. The topological polar surface area (TPSA) is 84.3 Å². The molecule has 1 fully saturated rings. The van der Waals surface area contributed by atoms with Crippen LogP contribution in [0.4, 0.5) is 5.69 Å². The van der Waals surface area contributed by atoms with Gasteiger partial charge in [-0.05, 0) is 50.9 Å². The number of hydrogen-bond donors (Lipinski definition) is 2. The van der Waals surface area contributed by atoms with Crippen LogP contribution in [0, 0.1) is 23.0 Å². The number of nitro groups is 1. The lowest BCUT2D eigenvalue weighted by Gasteiger charge is -2.09. The van der Waals surface area contributed by atoms with Gasteiger partial charge in [-0.1, -0.05) is 0 Å². The first-order valence-electron chi connectivity index (χ1n) is 6.82. The molecule has 0 aromatic heterocycles. The van der Waals surface area contributed by atoms with Crippen molar-refractivity contribution in [3.63, 3.8) is 0 Å².